The minimum Gasteiger partial charge on any atom is -0.316 e. The molecule has 0 rings (SSSR count). The summed E-state index contributed by atoms with van der Waals surface area (Å²) in [5, 5.41) is 4.18. The summed E-state index contributed by atoms with van der Waals surface area (Å²) in [7, 11) is 2.07. The van der Waals surface area contributed by atoms with Crippen LogP contribution in [0, 0.1) is 0 Å². The summed E-state index contributed by atoms with van der Waals surface area (Å²) < 4.78 is 0. The van der Waals surface area contributed by atoms with Gasteiger partial charge in [-0.25, -0.2) is 0 Å². The molecule has 2 unspecified atom stereocenters. The molecule has 0 aliphatic rings. The van der Waals surface area contributed by atoms with Crippen molar-refractivity contribution < 1.29 is 0 Å². The van der Waals surface area contributed by atoms with Crippen LogP contribution in [-0.4, -0.2) is 24.1 Å². The monoisotopic (exact) mass is 189 g/mol. The van der Waals surface area contributed by atoms with E-state index in [1.54, 1.807) is 0 Å². The minimum absolute atomic E-state index is 0.717. The number of rotatable bonds is 7. The van der Waals surface area contributed by atoms with E-state index in [0.717, 1.165) is 5.25 Å². The first-order chi connectivity index (χ1) is 5.74. The molecule has 2 heteroatoms. The summed E-state index contributed by atoms with van der Waals surface area (Å²) in [5.41, 5.74) is 0. The summed E-state index contributed by atoms with van der Waals surface area (Å²) in [6.45, 7) is 6.81. The van der Waals surface area contributed by atoms with Crippen molar-refractivity contribution in [2.45, 2.75) is 51.3 Å². The van der Waals surface area contributed by atoms with E-state index in [2.05, 4.69) is 44.9 Å². The Hall–Kier alpha value is 0.310. The Labute approximate surface area is 81.7 Å². The molecule has 0 aromatic carbocycles. The van der Waals surface area contributed by atoms with Crippen LogP contribution < -0.4 is 5.32 Å². The number of hydrogen-bond donors (Lipinski definition) is 1. The van der Waals surface area contributed by atoms with Crippen LogP contribution in [0.5, 0.6) is 0 Å². The Balaban J connectivity index is 3.43. The fourth-order valence-electron chi connectivity index (χ4n) is 1.06. The van der Waals surface area contributed by atoms with Crippen LogP contribution in [0.4, 0.5) is 0 Å². The second-order valence-electron chi connectivity index (χ2n) is 3.33. The zero-order chi connectivity index (χ0) is 9.40. The first-order valence-corrected chi connectivity index (χ1v) is 6.08. The second-order valence-corrected chi connectivity index (χ2v) is 4.80. The van der Waals surface area contributed by atoms with Crippen molar-refractivity contribution in [2.75, 3.05) is 12.8 Å². The van der Waals surface area contributed by atoms with Crippen molar-refractivity contribution in [3.8, 4) is 0 Å². The van der Waals surface area contributed by atoms with Crippen LogP contribution in [0.1, 0.15) is 40.0 Å². The SMILES string of the molecule is CCCC(CSC(C)CC)NC. The molecule has 1 nitrogen and oxygen atoms in total. The summed E-state index contributed by atoms with van der Waals surface area (Å²) >= 11 is 2.09. The van der Waals surface area contributed by atoms with E-state index >= 15 is 0 Å². The molecule has 0 spiro atoms. The molecule has 0 bridgehead atoms. The molecule has 0 aromatic rings. The molecule has 2 atom stereocenters. The van der Waals surface area contributed by atoms with Gasteiger partial charge in [-0.3, -0.25) is 0 Å². The van der Waals surface area contributed by atoms with Crippen molar-refractivity contribution >= 4 is 11.8 Å². The van der Waals surface area contributed by atoms with Crippen molar-refractivity contribution in [1.29, 1.82) is 0 Å². The Morgan fingerprint density at radius 3 is 2.42 bits per heavy atom. The van der Waals surface area contributed by atoms with E-state index in [1.807, 2.05) is 0 Å². The summed E-state index contributed by atoms with van der Waals surface area (Å²) in [5.74, 6) is 1.26. The maximum absolute atomic E-state index is 3.36. The number of hydrogen-bond acceptors (Lipinski definition) is 2. The first-order valence-electron chi connectivity index (χ1n) is 5.03. The van der Waals surface area contributed by atoms with Crippen LogP contribution in [-0.2, 0) is 0 Å². The van der Waals surface area contributed by atoms with Gasteiger partial charge in [0.1, 0.15) is 0 Å². The maximum Gasteiger partial charge on any atom is 0.0155 e. The Morgan fingerprint density at radius 2 is 2.00 bits per heavy atom. The quantitative estimate of drug-likeness (QED) is 0.661. The molecule has 0 amide bonds. The van der Waals surface area contributed by atoms with E-state index in [9.17, 15) is 0 Å². The highest BCUT2D eigenvalue weighted by molar-refractivity contribution is 7.99. The molecule has 1 N–H and O–H groups in total. The molecular weight excluding hydrogens is 166 g/mol. The lowest BCUT2D eigenvalue weighted by Crippen LogP contribution is -2.28. The molecule has 12 heavy (non-hydrogen) atoms. The normalized spacial score (nSPS) is 16.0. The van der Waals surface area contributed by atoms with E-state index < -0.39 is 0 Å². The van der Waals surface area contributed by atoms with Gasteiger partial charge in [-0.2, -0.15) is 11.8 Å². The summed E-state index contributed by atoms with van der Waals surface area (Å²) in [6, 6.07) is 0.717. The average Bonchev–Trinajstić information content (AvgIpc) is 2.11. The third-order valence-corrected chi connectivity index (χ3v) is 3.70. The van der Waals surface area contributed by atoms with Gasteiger partial charge in [-0.05, 0) is 19.9 Å². The fourth-order valence-corrected chi connectivity index (χ4v) is 2.19. The van der Waals surface area contributed by atoms with Crippen molar-refractivity contribution in [1.82, 2.24) is 5.32 Å². The second kappa shape index (κ2) is 7.93. The van der Waals surface area contributed by atoms with Crippen molar-refractivity contribution in [2.24, 2.45) is 0 Å². The van der Waals surface area contributed by atoms with Crippen LogP contribution in [0.25, 0.3) is 0 Å². The van der Waals surface area contributed by atoms with Gasteiger partial charge in [0.25, 0.3) is 0 Å². The summed E-state index contributed by atoms with van der Waals surface area (Å²) in [6.07, 6.45) is 3.87. The van der Waals surface area contributed by atoms with E-state index in [-0.39, 0.29) is 0 Å². The Morgan fingerprint density at radius 1 is 1.33 bits per heavy atom. The standard InChI is InChI=1S/C10H23NS/c1-5-7-10(11-4)8-12-9(3)6-2/h9-11H,5-8H2,1-4H3. The molecule has 0 aliphatic heterocycles. The number of thioether (sulfide) groups is 1. The van der Waals surface area contributed by atoms with Crippen molar-refractivity contribution in [3.05, 3.63) is 0 Å². The Bertz CT molecular complexity index is 95.8. The van der Waals surface area contributed by atoms with Gasteiger partial charge >= 0.3 is 0 Å². The molecule has 0 radical (unpaired) electrons. The third kappa shape index (κ3) is 5.90. The van der Waals surface area contributed by atoms with E-state index in [4.69, 9.17) is 0 Å². The molecule has 0 saturated heterocycles. The molecule has 0 aliphatic carbocycles. The van der Waals surface area contributed by atoms with Gasteiger partial charge < -0.3 is 5.32 Å². The lowest BCUT2D eigenvalue weighted by Gasteiger charge is -2.16. The van der Waals surface area contributed by atoms with Crippen molar-refractivity contribution in [3.63, 3.8) is 0 Å². The zero-order valence-electron chi connectivity index (χ0n) is 8.89. The van der Waals surface area contributed by atoms with Gasteiger partial charge in [0.15, 0.2) is 0 Å². The van der Waals surface area contributed by atoms with E-state index in [1.165, 1.54) is 25.0 Å². The minimum atomic E-state index is 0.717. The molecular formula is C10H23NS. The maximum atomic E-state index is 3.36. The lowest BCUT2D eigenvalue weighted by molar-refractivity contribution is 0.564. The van der Waals surface area contributed by atoms with Gasteiger partial charge in [0, 0.05) is 17.0 Å². The largest absolute Gasteiger partial charge is 0.316 e. The molecule has 0 heterocycles. The van der Waals surface area contributed by atoms with E-state index in [0.29, 0.717) is 6.04 Å². The summed E-state index contributed by atoms with van der Waals surface area (Å²) in [4.78, 5) is 0. The molecule has 0 aromatic heterocycles. The fraction of sp³-hybridized carbons (Fsp3) is 1.00. The predicted molar refractivity (Wildman–Crippen MR) is 60.0 cm³/mol. The topological polar surface area (TPSA) is 12.0 Å². The van der Waals surface area contributed by atoms with Crippen LogP contribution in [0.3, 0.4) is 0 Å². The zero-order valence-corrected chi connectivity index (χ0v) is 9.71. The lowest BCUT2D eigenvalue weighted by atomic mass is 10.2. The predicted octanol–water partition coefficient (Wildman–Crippen LogP) is 2.91. The number of nitrogens with one attached hydrogen (secondary N) is 1. The average molecular weight is 189 g/mol. The highest BCUT2D eigenvalue weighted by atomic mass is 32.2. The smallest absolute Gasteiger partial charge is 0.0155 e. The van der Waals surface area contributed by atoms with Crippen LogP contribution in [0.2, 0.25) is 0 Å². The van der Waals surface area contributed by atoms with Gasteiger partial charge in [-0.15, -0.1) is 0 Å². The molecule has 74 valence electrons. The molecule has 0 saturated carbocycles. The van der Waals surface area contributed by atoms with Gasteiger partial charge in [0.2, 0.25) is 0 Å². The van der Waals surface area contributed by atoms with Crippen LogP contribution in [0.15, 0.2) is 0 Å². The van der Waals surface area contributed by atoms with Crippen LogP contribution >= 0.6 is 11.8 Å². The Kier molecular flexibility index (Phi) is 8.14. The first kappa shape index (κ1) is 12.3. The van der Waals surface area contributed by atoms with Gasteiger partial charge in [-0.1, -0.05) is 27.2 Å². The highest BCUT2D eigenvalue weighted by Gasteiger charge is 2.06. The molecule has 0 fully saturated rings. The third-order valence-electron chi connectivity index (χ3n) is 2.20. The van der Waals surface area contributed by atoms with Gasteiger partial charge in [0.05, 0.1) is 0 Å². The highest BCUT2D eigenvalue weighted by Crippen LogP contribution is 2.15.